The van der Waals surface area contributed by atoms with Crippen LogP contribution >= 0.6 is 0 Å². The summed E-state index contributed by atoms with van der Waals surface area (Å²) in [4.78, 5) is 15.3. The third-order valence-electron chi connectivity index (χ3n) is 2.17. The van der Waals surface area contributed by atoms with Gasteiger partial charge in [0.25, 0.3) is 5.91 Å². The zero-order chi connectivity index (χ0) is 11.5. The molecule has 0 radical (unpaired) electrons. The number of carbonyl (C=O) groups excluding carboxylic acids is 1. The highest BCUT2D eigenvalue weighted by Gasteiger charge is 2.11. The number of nitrogens with two attached hydrogens (primary N) is 1. The average molecular weight is 217 g/mol. The summed E-state index contributed by atoms with van der Waals surface area (Å²) in [5.74, 6) is -0.570. The first kappa shape index (κ1) is 10.3. The van der Waals surface area contributed by atoms with Crippen molar-refractivity contribution in [3.8, 4) is 0 Å². The van der Waals surface area contributed by atoms with Gasteiger partial charge < -0.3 is 10.3 Å². The molecule has 2 rings (SSSR count). The van der Waals surface area contributed by atoms with Crippen molar-refractivity contribution in [3.05, 3.63) is 41.7 Å². The van der Waals surface area contributed by atoms with E-state index in [4.69, 9.17) is 5.73 Å². The molecular formula is C10H11N5O. The molecule has 0 aliphatic rings. The lowest BCUT2D eigenvalue weighted by molar-refractivity contribution is 0.0993. The van der Waals surface area contributed by atoms with E-state index in [1.165, 1.54) is 6.20 Å². The molecule has 0 aromatic carbocycles. The van der Waals surface area contributed by atoms with Gasteiger partial charge in [-0.1, -0.05) is 0 Å². The zero-order valence-electron chi connectivity index (χ0n) is 8.79. The summed E-state index contributed by atoms with van der Waals surface area (Å²) in [6.45, 7) is 0. The lowest BCUT2D eigenvalue weighted by Crippen LogP contribution is -2.16. The van der Waals surface area contributed by atoms with E-state index >= 15 is 0 Å². The number of hydrogen-bond acceptors (Lipinski definition) is 4. The van der Waals surface area contributed by atoms with Crippen LogP contribution in [0.1, 0.15) is 21.7 Å². The molecule has 2 heterocycles. The van der Waals surface area contributed by atoms with Crippen LogP contribution in [0.5, 0.6) is 0 Å². The van der Waals surface area contributed by atoms with Crippen LogP contribution in [-0.4, -0.2) is 25.7 Å². The molecule has 2 aromatic rings. The number of nitrogens with zero attached hydrogens (tertiary/aromatic N) is 4. The Morgan fingerprint density at radius 1 is 1.56 bits per heavy atom. The zero-order valence-corrected chi connectivity index (χ0v) is 8.79. The number of aryl methyl sites for hydroxylation is 1. The molecular weight excluding hydrogens is 206 g/mol. The molecule has 16 heavy (non-hydrogen) atoms. The smallest absolute Gasteiger partial charge is 0.269 e. The molecule has 82 valence electrons. The molecule has 0 aliphatic heterocycles. The summed E-state index contributed by atoms with van der Waals surface area (Å²) >= 11 is 0. The second kappa shape index (κ2) is 4.09. The normalized spacial score (nSPS) is 10.3. The van der Waals surface area contributed by atoms with Gasteiger partial charge in [-0.2, -0.15) is 5.10 Å². The molecule has 2 N–H and O–H groups in total. The molecule has 0 fully saturated rings. The number of aromatic nitrogens is 4. The van der Waals surface area contributed by atoms with Gasteiger partial charge in [-0.05, 0) is 11.6 Å². The minimum absolute atomic E-state index is 0.202. The molecule has 0 saturated heterocycles. The maximum absolute atomic E-state index is 11.1. The molecule has 6 nitrogen and oxygen atoms in total. The van der Waals surface area contributed by atoms with Crippen LogP contribution in [0, 0.1) is 0 Å². The first-order valence-corrected chi connectivity index (χ1v) is 4.74. The summed E-state index contributed by atoms with van der Waals surface area (Å²) < 4.78 is 1.84. The van der Waals surface area contributed by atoms with Crippen LogP contribution in [0.4, 0.5) is 0 Å². The quantitative estimate of drug-likeness (QED) is 0.777. The van der Waals surface area contributed by atoms with Gasteiger partial charge in [-0.15, -0.1) is 5.10 Å². The van der Waals surface area contributed by atoms with E-state index in [2.05, 4.69) is 15.2 Å². The largest absolute Gasteiger partial charge is 0.364 e. The van der Waals surface area contributed by atoms with Crippen LogP contribution < -0.4 is 5.73 Å². The Balaban J connectivity index is 2.31. The Labute approximate surface area is 92.1 Å². The molecule has 6 heteroatoms. The fourth-order valence-corrected chi connectivity index (χ4v) is 1.46. The average Bonchev–Trinajstić information content (AvgIpc) is 2.64. The van der Waals surface area contributed by atoms with E-state index < -0.39 is 5.91 Å². The Kier molecular flexibility index (Phi) is 2.63. The monoisotopic (exact) mass is 217 g/mol. The van der Waals surface area contributed by atoms with E-state index in [0.29, 0.717) is 6.42 Å². The number of imidazole rings is 1. The van der Waals surface area contributed by atoms with E-state index in [1.54, 1.807) is 12.4 Å². The predicted octanol–water partition coefficient (Wildman–Crippen LogP) is -0.100. The number of hydrogen-bond donors (Lipinski definition) is 1. The van der Waals surface area contributed by atoms with Gasteiger partial charge in [-0.25, -0.2) is 4.98 Å². The van der Waals surface area contributed by atoms with Crippen LogP contribution in [0.15, 0.2) is 24.8 Å². The highest BCUT2D eigenvalue weighted by atomic mass is 16.1. The first-order valence-electron chi connectivity index (χ1n) is 4.74. The fourth-order valence-electron chi connectivity index (χ4n) is 1.46. The van der Waals surface area contributed by atoms with Crippen molar-refractivity contribution in [2.75, 3.05) is 0 Å². The maximum Gasteiger partial charge on any atom is 0.269 e. The molecule has 0 unspecified atom stereocenters. The molecule has 0 spiro atoms. The summed E-state index contributed by atoms with van der Waals surface area (Å²) in [6.07, 6.45) is 5.64. The molecule has 0 bridgehead atoms. The summed E-state index contributed by atoms with van der Waals surface area (Å²) in [7, 11) is 1.89. The molecule has 0 atom stereocenters. The second-order valence-corrected chi connectivity index (χ2v) is 3.48. The van der Waals surface area contributed by atoms with Crippen molar-refractivity contribution < 1.29 is 4.79 Å². The highest BCUT2D eigenvalue weighted by Crippen LogP contribution is 2.09. The SMILES string of the molecule is Cn1cnc(Cc2ccnnc2C(N)=O)c1. The number of rotatable bonds is 3. The van der Waals surface area contributed by atoms with Gasteiger partial charge in [0.05, 0.1) is 12.0 Å². The van der Waals surface area contributed by atoms with Gasteiger partial charge >= 0.3 is 0 Å². The van der Waals surface area contributed by atoms with Crippen LogP contribution in [0.2, 0.25) is 0 Å². The fraction of sp³-hybridized carbons (Fsp3) is 0.200. The van der Waals surface area contributed by atoms with Gasteiger partial charge in [0, 0.05) is 25.9 Å². The predicted molar refractivity (Wildman–Crippen MR) is 56.6 cm³/mol. The lowest BCUT2D eigenvalue weighted by atomic mass is 10.1. The van der Waals surface area contributed by atoms with Crippen molar-refractivity contribution in [1.82, 2.24) is 19.7 Å². The number of primary amides is 1. The van der Waals surface area contributed by atoms with Crippen molar-refractivity contribution >= 4 is 5.91 Å². The van der Waals surface area contributed by atoms with Gasteiger partial charge in [-0.3, -0.25) is 4.79 Å². The van der Waals surface area contributed by atoms with Crippen LogP contribution in [0.3, 0.4) is 0 Å². The molecule has 0 saturated carbocycles. The summed E-state index contributed by atoms with van der Waals surface area (Å²) in [5, 5.41) is 7.36. The molecule has 0 aliphatic carbocycles. The van der Waals surface area contributed by atoms with Crippen LogP contribution in [0.25, 0.3) is 0 Å². The minimum Gasteiger partial charge on any atom is -0.364 e. The van der Waals surface area contributed by atoms with E-state index in [1.807, 2.05) is 17.8 Å². The lowest BCUT2D eigenvalue weighted by Gasteiger charge is -2.01. The standard InChI is InChI=1S/C10H11N5O/c1-15-5-8(12-6-15)4-7-2-3-13-14-9(7)10(11)16/h2-3,5-6H,4H2,1H3,(H2,11,16). The second-order valence-electron chi connectivity index (χ2n) is 3.48. The Bertz CT molecular complexity index is 519. The van der Waals surface area contributed by atoms with E-state index in [0.717, 1.165) is 11.3 Å². The van der Waals surface area contributed by atoms with Crippen molar-refractivity contribution in [1.29, 1.82) is 0 Å². The third-order valence-corrected chi connectivity index (χ3v) is 2.17. The molecule has 2 aromatic heterocycles. The van der Waals surface area contributed by atoms with Gasteiger partial charge in [0.1, 0.15) is 0 Å². The van der Waals surface area contributed by atoms with Gasteiger partial charge in [0.15, 0.2) is 5.69 Å². The van der Waals surface area contributed by atoms with E-state index in [9.17, 15) is 4.79 Å². The Morgan fingerprint density at radius 3 is 3.00 bits per heavy atom. The number of carbonyl (C=O) groups is 1. The Morgan fingerprint density at radius 2 is 2.38 bits per heavy atom. The van der Waals surface area contributed by atoms with Crippen molar-refractivity contribution in [3.63, 3.8) is 0 Å². The third kappa shape index (κ3) is 2.05. The minimum atomic E-state index is -0.570. The first-order chi connectivity index (χ1) is 7.66. The summed E-state index contributed by atoms with van der Waals surface area (Å²) in [5.41, 5.74) is 7.00. The highest BCUT2D eigenvalue weighted by molar-refractivity contribution is 5.92. The van der Waals surface area contributed by atoms with E-state index in [-0.39, 0.29) is 5.69 Å². The Hall–Kier alpha value is -2.24. The maximum atomic E-state index is 11.1. The van der Waals surface area contributed by atoms with Crippen molar-refractivity contribution in [2.24, 2.45) is 12.8 Å². The topological polar surface area (TPSA) is 86.7 Å². The molecule has 1 amide bonds. The van der Waals surface area contributed by atoms with Crippen LogP contribution in [-0.2, 0) is 13.5 Å². The summed E-state index contributed by atoms with van der Waals surface area (Å²) in [6, 6.07) is 1.72. The van der Waals surface area contributed by atoms with Gasteiger partial charge in [0.2, 0.25) is 0 Å². The number of amides is 1. The van der Waals surface area contributed by atoms with Crippen molar-refractivity contribution in [2.45, 2.75) is 6.42 Å².